The van der Waals surface area contributed by atoms with Gasteiger partial charge in [0.2, 0.25) is 0 Å². The fourth-order valence-corrected chi connectivity index (χ4v) is 1.32. The first-order chi connectivity index (χ1) is 6.58. The Morgan fingerprint density at radius 3 is 2.57 bits per heavy atom. The van der Waals surface area contributed by atoms with E-state index in [0.29, 0.717) is 0 Å². The third kappa shape index (κ3) is 2.66. The van der Waals surface area contributed by atoms with E-state index in [1.807, 2.05) is 0 Å². The summed E-state index contributed by atoms with van der Waals surface area (Å²) in [6, 6.07) is 0. The maximum atomic E-state index is 10.3. The van der Waals surface area contributed by atoms with E-state index in [9.17, 15) is 4.79 Å². The lowest BCUT2D eigenvalue weighted by Gasteiger charge is -2.29. The average molecular weight is 199 g/mol. The lowest BCUT2D eigenvalue weighted by atomic mass is 9.92. The summed E-state index contributed by atoms with van der Waals surface area (Å²) in [5, 5.41) is 18.1. The second-order valence-electron chi connectivity index (χ2n) is 3.15. The number of hydrogen-bond donors (Lipinski definition) is 3. The van der Waals surface area contributed by atoms with Gasteiger partial charge < -0.3 is 20.7 Å². The molecule has 1 unspecified atom stereocenters. The summed E-state index contributed by atoms with van der Waals surface area (Å²) < 4.78 is 4.82. The van der Waals surface area contributed by atoms with Crippen LogP contribution < -0.4 is 5.73 Å². The van der Waals surface area contributed by atoms with Crippen LogP contribution in [0.25, 0.3) is 0 Å². The highest BCUT2D eigenvalue weighted by atomic mass is 16.5. The molecule has 0 aromatic heterocycles. The zero-order chi connectivity index (χ0) is 10.6. The van der Waals surface area contributed by atoms with Gasteiger partial charge in [0.05, 0.1) is 6.10 Å². The second-order valence-corrected chi connectivity index (χ2v) is 3.15. The standard InChI is InChI=1S/C9H13NO4/c10-8(13)5-9(14-6-11)3-1-7(12)2-4-9/h1-4,6-8,12-13H,5,10H2. The summed E-state index contributed by atoms with van der Waals surface area (Å²) in [6.07, 6.45) is 4.22. The van der Waals surface area contributed by atoms with Crippen LogP contribution in [0.5, 0.6) is 0 Å². The molecule has 1 rings (SSSR count). The molecule has 0 radical (unpaired) electrons. The number of ether oxygens (including phenoxy) is 1. The Hall–Kier alpha value is -1.17. The van der Waals surface area contributed by atoms with Crippen molar-refractivity contribution in [2.24, 2.45) is 5.73 Å². The van der Waals surface area contributed by atoms with E-state index in [1.165, 1.54) is 24.3 Å². The Balaban J connectivity index is 2.77. The number of carbonyl (C=O) groups is 1. The van der Waals surface area contributed by atoms with Gasteiger partial charge in [-0.15, -0.1) is 0 Å². The van der Waals surface area contributed by atoms with Gasteiger partial charge in [-0.05, 0) is 12.2 Å². The first kappa shape index (κ1) is 10.9. The van der Waals surface area contributed by atoms with Gasteiger partial charge in [0.1, 0.15) is 6.23 Å². The highest BCUT2D eigenvalue weighted by Gasteiger charge is 2.30. The van der Waals surface area contributed by atoms with Crippen LogP contribution in [0.15, 0.2) is 24.3 Å². The highest BCUT2D eigenvalue weighted by molar-refractivity contribution is 5.42. The molecule has 0 bridgehead atoms. The van der Waals surface area contributed by atoms with Gasteiger partial charge in [-0.2, -0.15) is 0 Å². The van der Waals surface area contributed by atoms with Gasteiger partial charge in [0.25, 0.3) is 6.47 Å². The quantitative estimate of drug-likeness (QED) is 0.308. The second kappa shape index (κ2) is 4.36. The smallest absolute Gasteiger partial charge is 0.294 e. The van der Waals surface area contributed by atoms with Crippen LogP contribution in [-0.4, -0.2) is 34.6 Å². The minimum Gasteiger partial charge on any atom is -0.453 e. The summed E-state index contributed by atoms with van der Waals surface area (Å²) in [7, 11) is 0. The third-order valence-electron chi connectivity index (χ3n) is 1.95. The molecule has 5 heteroatoms. The van der Waals surface area contributed by atoms with Crippen LogP contribution in [0.1, 0.15) is 6.42 Å². The van der Waals surface area contributed by atoms with Crippen molar-refractivity contribution < 1.29 is 19.7 Å². The van der Waals surface area contributed by atoms with Crippen LogP contribution in [0, 0.1) is 0 Å². The number of carbonyl (C=O) groups excluding carboxylic acids is 1. The molecule has 0 aromatic carbocycles. The molecule has 0 fully saturated rings. The van der Waals surface area contributed by atoms with Crippen molar-refractivity contribution in [3.8, 4) is 0 Å². The number of aliphatic hydroxyl groups is 2. The molecule has 0 saturated heterocycles. The zero-order valence-corrected chi connectivity index (χ0v) is 7.54. The largest absolute Gasteiger partial charge is 0.453 e. The molecular weight excluding hydrogens is 186 g/mol. The van der Waals surface area contributed by atoms with E-state index in [0.717, 1.165) is 0 Å². The summed E-state index contributed by atoms with van der Waals surface area (Å²) >= 11 is 0. The van der Waals surface area contributed by atoms with E-state index in [-0.39, 0.29) is 12.9 Å². The molecule has 0 aromatic rings. The number of aliphatic hydroxyl groups excluding tert-OH is 2. The predicted molar refractivity (Wildman–Crippen MR) is 49.0 cm³/mol. The van der Waals surface area contributed by atoms with Crippen molar-refractivity contribution in [2.75, 3.05) is 0 Å². The van der Waals surface area contributed by atoms with Crippen LogP contribution >= 0.6 is 0 Å². The van der Waals surface area contributed by atoms with Gasteiger partial charge >= 0.3 is 0 Å². The Bertz CT molecular complexity index is 246. The Morgan fingerprint density at radius 2 is 2.14 bits per heavy atom. The van der Waals surface area contributed by atoms with Crippen molar-refractivity contribution in [1.82, 2.24) is 0 Å². The van der Waals surface area contributed by atoms with E-state index in [4.69, 9.17) is 20.7 Å². The minimum atomic E-state index is -1.08. The van der Waals surface area contributed by atoms with Crippen LogP contribution in [0.2, 0.25) is 0 Å². The van der Waals surface area contributed by atoms with Crippen LogP contribution in [0.4, 0.5) is 0 Å². The summed E-state index contributed by atoms with van der Waals surface area (Å²) in [5.74, 6) is 0. The maximum absolute atomic E-state index is 10.3. The van der Waals surface area contributed by atoms with Gasteiger partial charge in [-0.1, -0.05) is 12.2 Å². The van der Waals surface area contributed by atoms with Crippen molar-refractivity contribution in [3.05, 3.63) is 24.3 Å². The van der Waals surface area contributed by atoms with Gasteiger partial charge in [0.15, 0.2) is 5.60 Å². The van der Waals surface area contributed by atoms with E-state index >= 15 is 0 Å². The van der Waals surface area contributed by atoms with Crippen molar-refractivity contribution in [2.45, 2.75) is 24.4 Å². The molecule has 0 heterocycles. The lowest BCUT2D eigenvalue weighted by Crippen LogP contribution is -2.37. The molecule has 14 heavy (non-hydrogen) atoms. The minimum absolute atomic E-state index is 0.0610. The number of hydrogen-bond acceptors (Lipinski definition) is 5. The molecule has 0 saturated carbocycles. The number of nitrogens with two attached hydrogens (primary N) is 1. The highest BCUT2D eigenvalue weighted by Crippen LogP contribution is 2.24. The summed E-state index contributed by atoms with van der Waals surface area (Å²) in [6.45, 7) is 0.286. The Kier molecular flexibility index (Phi) is 3.40. The van der Waals surface area contributed by atoms with Crippen molar-refractivity contribution >= 4 is 6.47 Å². The van der Waals surface area contributed by atoms with E-state index in [2.05, 4.69) is 0 Å². The first-order valence-electron chi connectivity index (χ1n) is 4.20. The molecule has 0 amide bonds. The molecule has 1 aliphatic carbocycles. The van der Waals surface area contributed by atoms with Gasteiger partial charge in [-0.3, -0.25) is 4.79 Å². The van der Waals surface area contributed by atoms with E-state index < -0.39 is 17.9 Å². The fourth-order valence-electron chi connectivity index (χ4n) is 1.32. The normalized spacial score (nSPS) is 32.6. The van der Waals surface area contributed by atoms with Gasteiger partial charge in [0, 0.05) is 6.42 Å². The monoisotopic (exact) mass is 199 g/mol. The van der Waals surface area contributed by atoms with E-state index in [1.54, 1.807) is 0 Å². The lowest BCUT2D eigenvalue weighted by molar-refractivity contribution is -0.137. The maximum Gasteiger partial charge on any atom is 0.294 e. The molecule has 0 spiro atoms. The molecule has 5 nitrogen and oxygen atoms in total. The third-order valence-corrected chi connectivity index (χ3v) is 1.95. The topological polar surface area (TPSA) is 92.8 Å². The average Bonchev–Trinajstić information content (AvgIpc) is 2.10. The van der Waals surface area contributed by atoms with Crippen molar-refractivity contribution in [1.29, 1.82) is 0 Å². The Morgan fingerprint density at radius 1 is 1.57 bits per heavy atom. The number of rotatable bonds is 4. The summed E-state index contributed by atoms with van der Waals surface area (Å²) in [5.41, 5.74) is 4.17. The molecule has 1 atom stereocenters. The molecule has 0 aliphatic heterocycles. The molecular formula is C9H13NO4. The summed E-state index contributed by atoms with van der Waals surface area (Å²) in [4.78, 5) is 10.3. The van der Waals surface area contributed by atoms with Gasteiger partial charge in [-0.25, -0.2) is 0 Å². The molecule has 1 aliphatic rings. The SMILES string of the molecule is NC(O)CC1(OC=O)C=CC(O)C=C1. The fraction of sp³-hybridized carbons (Fsp3) is 0.444. The zero-order valence-electron chi connectivity index (χ0n) is 7.54. The van der Waals surface area contributed by atoms with Crippen LogP contribution in [0.3, 0.4) is 0 Å². The first-order valence-corrected chi connectivity index (χ1v) is 4.20. The predicted octanol–water partition coefficient (Wildman–Crippen LogP) is -0.948. The van der Waals surface area contributed by atoms with Crippen LogP contribution in [-0.2, 0) is 9.53 Å². The molecule has 78 valence electrons. The molecule has 4 N–H and O–H groups in total. The van der Waals surface area contributed by atoms with Crippen molar-refractivity contribution in [3.63, 3.8) is 0 Å². The Labute approximate surface area is 81.5 Å².